The second-order valence-corrected chi connectivity index (χ2v) is 3.29. The van der Waals surface area contributed by atoms with Crippen molar-refractivity contribution in [3.63, 3.8) is 0 Å². The van der Waals surface area contributed by atoms with E-state index in [2.05, 4.69) is 9.97 Å². The van der Waals surface area contributed by atoms with E-state index in [1.807, 2.05) is 12.2 Å². The highest BCUT2D eigenvalue weighted by atomic mass is 35.5. The summed E-state index contributed by atoms with van der Waals surface area (Å²) in [5, 5.41) is 0.293. The number of carbonyl (C=O) groups is 1. The molecule has 4 nitrogen and oxygen atoms in total. The summed E-state index contributed by atoms with van der Waals surface area (Å²) >= 11 is 5.57. The fraction of sp³-hybridized carbons (Fsp3) is 0.222. The van der Waals surface area contributed by atoms with Crippen LogP contribution < -0.4 is 0 Å². The molecule has 1 aliphatic heterocycles. The van der Waals surface area contributed by atoms with Crippen LogP contribution in [0.5, 0.6) is 0 Å². The Labute approximate surface area is 86.2 Å². The Kier molecular flexibility index (Phi) is 2.45. The quantitative estimate of drug-likeness (QED) is 0.652. The molecule has 0 radical (unpaired) electrons. The van der Waals surface area contributed by atoms with Crippen LogP contribution in [0.3, 0.4) is 0 Å². The van der Waals surface area contributed by atoms with E-state index in [4.69, 9.17) is 11.6 Å². The van der Waals surface area contributed by atoms with Crippen LogP contribution in [0.1, 0.15) is 10.5 Å². The standard InChI is InChI=1S/C9H8ClN3O/c10-8-6-11-7(5-12-8)9(14)13-3-1-2-4-13/h1-2,5-6H,3-4H2. The van der Waals surface area contributed by atoms with Gasteiger partial charge in [-0.1, -0.05) is 23.8 Å². The molecule has 0 aliphatic carbocycles. The Morgan fingerprint density at radius 2 is 2.00 bits per heavy atom. The molecular formula is C9H8ClN3O. The molecule has 0 unspecified atom stereocenters. The average Bonchev–Trinajstić information content (AvgIpc) is 2.71. The molecule has 72 valence electrons. The molecule has 0 aromatic carbocycles. The minimum atomic E-state index is -0.112. The van der Waals surface area contributed by atoms with Crippen molar-refractivity contribution >= 4 is 17.5 Å². The lowest BCUT2D eigenvalue weighted by atomic mass is 10.4. The van der Waals surface area contributed by atoms with E-state index in [0.29, 0.717) is 23.9 Å². The van der Waals surface area contributed by atoms with Gasteiger partial charge in [0.2, 0.25) is 0 Å². The summed E-state index contributed by atoms with van der Waals surface area (Å²) in [6.07, 6.45) is 6.66. The summed E-state index contributed by atoms with van der Waals surface area (Å²) in [6, 6.07) is 0. The molecule has 1 aromatic rings. The highest BCUT2D eigenvalue weighted by Crippen LogP contribution is 2.07. The normalized spacial score (nSPS) is 14.8. The molecule has 2 rings (SSSR count). The first kappa shape index (κ1) is 9.15. The molecular weight excluding hydrogens is 202 g/mol. The molecule has 1 amide bonds. The molecule has 2 heterocycles. The van der Waals surface area contributed by atoms with E-state index in [1.165, 1.54) is 12.4 Å². The molecule has 0 N–H and O–H groups in total. The summed E-state index contributed by atoms with van der Waals surface area (Å²) in [4.78, 5) is 21.1. The number of rotatable bonds is 1. The van der Waals surface area contributed by atoms with Crippen LogP contribution >= 0.6 is 11.6 Å². The predicted molar refractivity (Wildman–Crippen MR) is 52.1 cm³/mol. The van der Waals surface area contributed by atoms with Gasteiger partial charge in [-0.05, 0) is 0 Å². The van der Waals surface area contributed by atoms with Crippen molar-refractivity contribution < 1.29 is 4.79 Å². The van der Waals surface area contributed by atoms with Gasteiger partial charge in [0.1, 0.15) is 10.8 Å². The van der Waals surface area contributed by atoms with Gasteiger partial charge in [0.25, 0.3) is 5.91 Å². The van der Waals surface area contributed by atoms with Crippen LogP contribution in [-0.2, 0) is 0 Å². The van der Waals surface area contributed by atoms with Crippen molar-refractivity contribution in [1.82, 2.24) is 14.9 Å². The van der Waals surface area contributed by atoms with Gasteiger partial charge >= 0.3 is 0 Å². The molecule has 1 aromatic heterocycles. The Hall–Kier alpha value is -1.42. The van der Waals surface area contributed by atoms with E-state index in [1.54, 1.807) is 4.90 Å². The third-order valence-electron chi connectivity index (χ3n) is 1.94. The minimum absolute atomic E-state index is 0.112. The number of nitrogens with zero attached hydrogens (tertiary/aromatic N) is 3. The second kappa shape index (κ2) is 3.75. The maximum Gasteiger partial charge on any atom is 0.274 e. The smallest absolute Gasteiger partial charge is 0.274 e. The van der Waals surface area contributed by atoms with Crippen molar-refractivity contribution in [2.45, 2.75) is 0 Å². The Balaban J connectivity index is 2.14. The van der Waals surface area contributed by atoms with Crippen LogP contribution in [0.2, 0.25) is 5.15 Å². The molecule has 14 heavy (non-hydrogen) atoms. The topological polar surface area (TPSA) is 46.1 Å². The molecule has 0 saturated heterocycles. The molecule has 0 spiro atoms. The number of carbonyl (C=O) groups excluding carboxylic acids is 1. The van der Waals surface area contributed by atoms with Crippen LogP contribution in [0.15, 0.2) is 24.5 Å². The van der Waals surface area contributed by atoms with Crippen molar-refractivity contribution in [2.24, 2.45) is 0 Å². The molecule has 0 bridgehead atoms. The number of aromatic nitrogens is 2. The monoisotopic (exact) mass is 209 g/mol. The van der Waals surface area contributed by atoms with Crippen LogP contribution in [-0.4, -0.2) is 33.9 Å². The van der Waals surface area contributed by atoms with Gasteiger partial charge in [-0.25, -0.2) is 9.97 Å². The molecule has 1 aliphatic rings. The maximum atomic E-state index is 11.7. The van der Waals surface area contributed by atoms with Crippen molar-refractivity contribution in [2.75, 3.05) is 13.1 Å². The van der Waals surface area contributed by atoms with Crippen molar-refractivity contribution in [3.8, 4) is 0 Å². The number of halogens is 1. The van der Waals surface area contributed by atoms with Gasteiger partial charge in [0, 0.05) is 13.1 Å². The van der Waals surface area contributed by atoms with E-state index in [0.717, 1.165) is 0 Å². The van der Waals surface area contributed by atoms with Gasteiger partial charge in [0.05, 0.1) is 12.4 Å². The third kappa shape index (κ3) is 1.75. The highest BCUT2D eigenvalue weighted by molar-refractivity contribution is 6.29. The summed E-state index contributed by atoms with van der Waals surface area (Å²) in [7, 11) is 0. The molecule has 0 fully saturated rings. The van der Waals surface area contributed by atoms with Crippen LogP contribution in [0, 0.1) is 0 Å². The lowest BCUT2D eigenvalue weighted by Gasteiger charge is -2.13. The SMILES string of the molecule is O=C(c1cnc(Cl)cn1)N1CC=CC1. The van der Waals surface area contributed by atoms with Gasteiger partial charge in [-0.2, -0.15) is 0 Å². The van der Waals surface area contributed by atoms with Gasteiger partial charge in [-0.15, -0.1) is 0 Å². The first-order valence-electron chi connectivity index (χ1n) is 4.19. The second-order valence-electron chi connectivity index (χ2n) is 2.91. The zero-order valence-corrected chi connectivity index (χ0v) is 8.11. The van der Waals surface area contributed by atoms with Gasteiger partial charge < -0.3 is 4.90 Å². The molecule has 0 saturated carbocycles. The number of amides is 1. The average molecular weight is 210 g/mol. The Morgan fingerprint density at radius 1 is 1.29 bits per heavy atom. The highest BCUT2D eigenvalue weighted by Gasteiger charge is 2.17. The third-order valence-corrected chi connectivity index (χ3v) is 2.14. The lowest BCUT2D eigenvalue weighted by molar-refractivity contribution is 0.0794. The zero-order valence-electron chi connectivity index (χ0n) is 7.35. The Morgan fingerprint density at radius 3 is 2.57 bits per heavy atom. The summed E-state index contributed by atoms with van der Waals surface area (Å²) in [6.45, 7) is 1.28. The lowest BCUT2D eigenvalue weighted by Crippen LogP contribution is -2.29. The van der Waals surface area contributed by atoms with E-state index >= 15 is 0 Å². The molecule has 5 heteroatoms. The first-order chi connectivity index (χ1) is 6.77. The summed E-state index contributed by atoms with van der Waals surface area (Å²) in [5.74, 6) is -0.112. The Bertz CT molecular complexity index is 366. The van der Waals surface area contributed by atoms with Gasteiger partial charge in [0.15, 0.2) is 0 Å². The zero-order chi connectivity index (χ0) is 9.97. The maximum absolute atomic E-state index is 11.7. The number of hydrogen-bond acceptors (Lipinski definition) is 3. The van der Waals surface area contributed by atoms with Crippen molar-refractivity contribution in [3.05, 3.63) is 35.4 Å². The fourth-order valence-electron chi connectivity index (χ4n) is 1.23. The van der Waals surface area contributed by atoms with Crippen LogP contribution in [0.25, 0.3) is 0 Å². The first-order valence-corrected chi connectivity index (χ1v) is 4.57. The van der Waals surface area contributed by atoms with E-state index < -0.39 is 0 Å². The minimum Gasteiger partial charge on any atom is -0.330 e. The largest absolute Gasteiger partial charge is 0.330 e. The molecule has 0 atom stereocenters. The van der Waals surface area contributed by atoms with E-state index in [-0.39, 0.29) is 5.91 Å². The summed E-state index contributed by atoms with van der Waals surface area (Å²) < 4.78 is 0. The predicted octanol–water partition coefficient (Wildman–Crippen LogP) is 1.14. The summed E-state index contributed by atoms with van der Waals surface area (Å²) in [5.41, 5.74) is 0.332. The van der Waals surface area contributed by atoms with E-state index in [9.17, 15) is 4.79 Å². The van der Waals surface area contributed by atoms with Crippen LogP contribution in [0.4, 0.5) is 0 Å². The van der Waals surface area contributed by atoms with Gasteiger partial charge in [-0.3, -0.25) is 4.79 Å². The number of hydrogen-bond donors (Lipinski definition) is 0. The van der Waals surface area contributed by atoms with Crippen molar-refractivity contribution in [1.29, 1.82) is 0 Å². The fourth-order valence-corrected chi connectivity index (χ4v) is 1.33.